The number of carbonyl (C=O) groups excluding carboxylic acids is 3. The lowest BCUT2D eigenvalue weighted by Gasteiger charge is -2.18. The molecule has 0 aromatic rings. The first kappa shape index (κ1) is 53.4. The van der Waals surface area contributed by atoms with Crippen molar-refractivity contribution in [1.29, 1.82) is 0 Å². The van der Waals surface area contributed by atoms with Gasteiger partial charge < -0.3 is 14.2 Å². The second kappa shape index (κ2) is 42.0. The Morgan fingerprint density at radius 3 is 0.945 bits per heavy atom. The smallest absolute Gasteiger partial charge is 0.306 e. The summed E-state index contributed by atoms with van der Waals surface area (Å²) in [4.78, 5) is 37.8. The Labute approximate surface area is 342 Å². The fraction of sp³-hybridized carbons (Fsp3) is 0.939. The molecule has 0 aliphatic rings. The molecule has 0 spiro atoms. The molecule has 0 aromatic heterocycles. The van der Waals surface area contributed by atoms with Crippen molar-refractivity contribution in [2.24, 2.45) is 11.8 Å². The predicted octanol–water partition coefficient (Wildman–Crippen LogP) is 15.4. The molecule has 3 atom stereocenters. The van der Waals surface area contributed by atoms with Crippen LogP contribution in [0.4, 0.5) is 0 Å². The van der Waals surface area contributed by atoms with Crippen molar-refractivity contribution in [3.8, 4) is 0 Å². The van der Waals surface area contributed by atoms with E-state index in [1.807, 2.05) is 0 Å². The highest BCUT2D eigenvalue weighted by molar-refractivity contribution is 5.71. The maximum atomic E-state index is 12.7. The first-order valence-electron chi connectivity index (χ1n) is 24.3. The molecule has 0 bridgehead atoms. The molecule has 6 heteroatoms. The molecule has 55 heavy (non-hydrogen) atoms. The summed E-state index contributed by atoms with van der Waals surface area (Å²) in [5, 5.41) is 0. The number of rotatable bonds is 43. The minimum absolute atomic E-state index is 0.0646. The molecule has 0 N–H and O–H groups in total. The largest absolute Gasteiger partial charge is 0.462 e. The van der Waals surface area contributed by atoms with Crippen molar-refractivity contribution in [2.75, 3.05) is 13.2 Å². The molecule has 0 aliphatic heterocycles. The quantitative estimate of drug-likeness (QED) is 0.0348. The number of unbranched alkanes of at least 4 members (excludes halogenated alkanes) is 26. The van der Waals surface area contributed by atoms with Crippen LogP contribution in [-0.4, -0.2) is 37.2 Å². The van der Waals surface area contributed by atoms with Crippen molar-refractivity contribution in [2.45, 2.75) is 272 Å². The van der Waals surface area contributed by atoms with Crippen molar-refractivity contribution in [1.82, 2.24) is 0 Å². The summed E-state index contributed by atoms with van der Waals surface area (Å²) in [5.74, 6) is 0.860. The minimum atomic E-state index is -0.761. The number of esters is 3. The van der Waals surface area contributed by atoms with Crippen LogP contribution in [0.1, 0.15) is 266 Å². The fourth-order valence-electron chi connectivity index (χ4n) is 7.22. The van der Waals surface area contributed by atoms with E-state index in [-0.39, 0.29) is 31.1 Å². The van der Waals surface area contributed by atoms with Crippen LogP contribution in [0.25, 0.3) is 0 Å². The molecule has 326 valence electrons. The molecule has 0 saturated carbocycles. The summed E-state index contributed by atoms with van der Waals surface area (Å²) >= 11 is 0. The summed E-state index contributed by atoms with van der Waals surface area (Å²) in [6.07, 6.45) is 40.7. The van der Waals surface area contributed by atoms with E-state index in [0.717, 1.165) is 69.6 Å². The molecule has 2 unspecified atom stereocenters. The van der Waals surface area contributed by atoms with Gasteiger partial charge in [-0.15, -0.1) is 0 Å². The van der Waals surface area contributed by atoms with E-state index < -0.39 is 6.10 Å². The van der Waals surface area contributed by atoms with Gasteiger partial charge in [-0.2, -0.15) is 0 Å². The van der Waals surface area contributed by atoms with E-state index in [0.29, 0.717) is 19.3 Å². The van der Waals surface area contributed by atoms with Gasteiger partial charge in [0.15, 0.2) is 6.10 Å². The lowest BCUT2D eigenvalue weighted by atomic mass is 9.99. The summed E-state index contributed by atoms with van der Waals surface area (Å²) in [6.45, 7) is 11.4. The molecule has 0 fully saturated rings. The van der Waals surface area contributed by atoms with Gasteiger partial charge in [-0.25, -0.2) is 0 Å². The predicted molar refractivity (Wildman–Crippen MR) is 233 cm³/mol. The first-order valence-corrected chi connectivity index (χ1v) is 24.3. The molecule has 0 saturated heterocycles. The Balaban J connectivity index is 4.35. The maximum absolute atomic E-state index is 12.7. The Morgan fingerprint density at radius 2 is 0.636 bits per heavy atom. The molecule has 0 heterocycles. The fourth-order valence-corrected chi connectivity index (χ4v) is 7.22. The lowest BCUT2D eigenvalue weighted by Crippen LogP contribution is -2.30. The van der Waals surface area contributed by atoms with E-state index in [4.69, 9.17) is 14.2 Å². The monoisotopic (exact) mass is 779 g/mol. The molecule has 0 rings (SSSR count). The molecular weight excluding hydrogens is 685 g/mol. The number of hydrogen-bond donors (Lipinski definition) is 0. The SMILES string of the molecule is CCCCCCCCCCCCCC(=O)OC[C@H](COC(=O)CCCCCCCCCCC(C)CC)OC(=O)CCCCCCCCCCCCC(C)CC. The van der Waals surface area contributed by atoms with Gasteiger partial charge in [0.05, 0.1) is 0 Å². The van der Waals surface area contributed by atoms with E-state index in [1.165, 1.54) is 154 Å². The van der Waals surface area contributed by atoms with Crippen molar-refractivity contribution < 1.29 is 28.6 Å². The van der Waals surface area contributed by atoms with Crippen molar-refractivity contribution in [3.05, 3.63) is 0 Å². The number of hydrogen-bond acceptors (Lipinski definition) is 6. The topological polar surface area (TPSA) is 78.9 Å². The third-order valence-corrected chi connectivity index (χ3v) is 11.7. The summed E-state index contributed by atoms with van der Waals surface area (Å²) < 4.78 is 16.8. The number of ether oxygens (including phenoxy) is 3. The van der Waals surface area contributed by atoms with Crippen molar-refractivity contribution in [3.63, 3.8) is 0 Å². The second-order valence-corrected chi connectivity index (χ2v) is 17.2. The zero-order valence-corrected chi connectivity index (χ0v) is 37.6. The number of carbonyl (C=O) groups is 3. The van der Waals surface area contributed by atoms with E-state index in [2.05, 4.69) is 34.6 Å². The van der Waals surface area contributed by atoms with E-state index in [9.17, 15) is 14.4 Å². The zero-order chi connectivity index (χ0) is 40.5. The van der Waals surface area contributed by atoms with Gasteiger partial charge in [0.1, 0.15) is 13.2 Å². The second-order valence-electron chi connectivity index (χ2n) is 17.2. The van der Waals surface area contributed by atoms with Crippen LogP contribution in [0.3, 0.4) is 0 Å². The summed E-state index contributed by atoms with van der Waals surface area (Å²) in [5.41, 5.74) is 0. The molecule has 6 nitrogen and oxygen atoms in total. The van der Waals surface area contributed by atoms with E-state index >= 15 is 0 Å². The third-order valence-electron chi connectivity index (χ3n) is 11.7. The average molecular weight is 779 g/mol. The van der Waals surface area contributed by atoms with Gasteiger partial charge in [-0.3, -0.25) is 14.4 Å². The van der Waals surface area contributed by atoms with Gasteiger partial charge in [-0.1, -0.05) is 227 Å². The average Bonchev–Trinajstić information content (AvgIpc) is 3.18. The summed E-state index contributed by atoms with van der Waals surface area (Å²) in [7, 11) is 0. The summed E-state index contributed by atoms with van der Waals surface area (Å²) in [6, 6.07) is 0. The van der Waals surface area contributed by atoms with Crippen molar-refractivity contribution >= 4 is 17.9 Å². The molecular formula is C49H94O6. The molecule has 0 aliphatic carbocycles. The first-order chi connectivity index (χ1) is 26.8. The standard InChI is InChI=1S/C49H94O6/c1-6-9-10-11-12-13-14-18-24-29-34-39-47(50)53-42-46(43-54-48(51)40-35-30-25-21-20-23-28-33-38-45(5)8-3)55-49(52)41-36-31-26-19-16-15-17-22-27-32-37-44(4)7-2/h44-46H,6-43H2,1-5H3/t44?,45?,46-/m1/s1. The van der Waals surface area contributed by atoms with Gasteiger partial charge >= 0.3 is 17.9 Å². The molecule has 0 radical (unpaired) electrons. The highest BCUT2D eigenvalue weighted by Crippen LogP contribution is 2.18. The van der Waals surface area contributed by atoms with Crippen LogP contribution in [0.15, 0.2) is 0 Å². The normalized spacial score (nSPS) is 13.0. The Kier molecular flexibility index (Phi) is 40.8. The van der Waals surface area contributed by atoms with Crippen LogP contribution in [-0.2, 0) is 28.6 Å². The maximum Gasteiger partial charge on any atom is 0.306 e. The molecule has 0 amide bonds. The van der Waals surface area contributed by atoms with Gasteiger partial charge in [0.2, 0.25) is 0 Å². The minimum Gasteiger partial charge on any atom is -0.462 e. The Bertz CT molecular complexity index is 843. The Morgan fingerprint density at radius 1 is 0.364 bits per heavy atom. The highest BCUT2D eigenvalue weighted by atomic mass is 16.6. The highest BCUT2D eigenvalue weighted by Gasteiger charge is 2.19. The van der Waals surface area contributed by atoms with Crippen LogP contribution in [0.5, 0.6) is 0 Å². The Hall–Kier alpha value is -1.59. The van der Waals surface area contributed by atoms with Gasteiger partial charge in [0, 0.05) is 19.3 Å². The van der Waals surface area contributed by atoms with Crippen LogP contribution < -0.4 is 0 Å². The van der Waals surface area contributed by atoms with Crippen LogP contribution in [0, 0.1) is 11.8 Å². The van der Waals surface area contributed by atoms with Gasteiger partial charge in [-0.05, 0) is 31.1 Å². The van der Waals surface area contributed by atoms with Crippen LogP contribution in [0.2, 0.25) is 0 Å². The third kappa shape index (κ3) is 40.4. The van der Waals surface area contributed by atoms with E-state index in [1.54, 1.807) is 0 Å². The van der Waals surface area contributed by atoms with Gasteiger partial charge in [0.25, 0.3) is 0 Å². The molecule has 0 aromatic carbocycles. The van der Waals surface area contributed by atoms with Crippen LogP contribution >= 0.6 is 0 Å². The zero-order valence-electron chi connectivity index (χ0n) is 37.6. The lowest BCUT2D eigenvalue weighted by molar-refractivity contribution is -0.167.